The molecule has 12 heavy (non-hydrogen) atoms. The van der Waals surface area contributed by atoms with Crippen molar-refractivity contribution < 1.29 is 5.11 Å². The first kappa shape index (κ1) is 7.55. The minimum atomic E-state index is 0.222. The van der Waals surface area contributed by atoms with E-state index in [4.69, 9.17) is 0 Å². The molecule has 3 heteroatoms. The first-order valence-electron chi connectivity index (χ1n) is 3.50. The predicted molar refractivity (Wildman–Crippen MR) is 51.1 cm³/mol. The van der Waals surface area contributed by atoms with Gasteiger partial charge in [0.05, 0.1) is 0 Å². The molecule has 1 aromatic heterocycles. The van der Waals surface area contributed by atoms with Crippen molar-refractivity contribution in [2.45, 2.75) is 0 Å². The van der Waals surface area contributed by atoms with E-state index in [9.17, 15) is 5.11 Å². The third-order valence-corrected chi connectivity index (χ3v) is 2.09. The highest BCUT2D eigenvalue weighted by molar-refractivity contribution is 9.10. The van der Waals surface area contributed by atoms with Crippen LogP contribution < -0.4 is 0 Å². The van der Waals surface area contributed by atoms with Gasteiger partial charge in [-0.3, -0.25) is 4.98 Å². The Morgan fingerprint density at radius 1 is 1.33 bits per heavy atom. The molecule has 0 spiro atoms. The number of pyridine rings is 1. The lowest BCUT2D eigenvalue weighted by Gasteiger charge is -1.98. The summed E-state index contributed by atoms with van der Waals surface area (Å²) in [6.07, 6.45) is 1.67. The van der Waals surface area contributed by atoms with Gasteiger partial charge in [0.25, 0.3) is 0 Å². The summed E-state index contributed by atoms with van der Waals surface area (Å²) >= 11 is 3.31. The molecule has 0 aliphatic heterocycles. The van der Waals surface area contributed by atoms with Crippen molar-refractivity contribution in [1.82, 2.24) is 4.98 Å². The van der Waals surface area contributed by atoms with E-state index in [0.717, 1.165) is 9.86 Å². The first-order valence-corrected chi connectivity index (χ1v) is 4.30. The average Bonchev–Trinajstić information content (AvgIpc) is 2.04. The van der Waals surface area contributed by atoms with Crippen molar-refractivity contribution in [3.8, 4) is 5.75 Å². The second-order valence-corrected chi connectivity index (χ2v) is 3.42. The largest absolute Gasteiger partial charge is 0.506 e. The van der Waals surface area contributed by atoms with E-state index >= 15 is 0 Å². The molecule has 1 heterocycles. The van der Waals surface area contributed by atoms with Gasteiger partial charge in [-0.1, -0.05) is 12.1 Å². The second-order valence-electron chi connectivity index (χ2n) is 2.50. The number of halogens is 1. The molecule has 1 N–H and O–H groups in total. The van der Waals surface area contributed by atoms with E-state index in [1.165, 1.54) is 0 Å². The van der Waals surface area contributed by atoms with Crippen LogP contribution in [0.4, 0.5) is 0 Å². The highest BCUT2D eigenvalue weighted by Crippen LogP contribution is 2.23. The molecule has 0 bridgehead atoms. The molecule has 0 amide bonds. The van der Waals surface area contributed by atoms with E-state index in [2.05, 4.69) is 20.9 Å². The SMILES string of the molecule is Oc1cccc2cc(Br)cnc12. The van der Waals surface area contributed by atoms with Crippen molar-refractivity contribution in [2.24, 2.45) is 0 Å². The average molecular weight is 224 g/mol. The van der Waals surface area contributed by atoms with Gasteiger partial charge in [-0.25, -0.2) is 0 Å². The smallest absolute Gasteiger partial charge is 0.141 e. The number of nitrogens with zero attached hydrogens (tertiary/aromatic N) is 1. The highest BCUT2D eigenvalue weighted by atomic mass is 79.9. The molecule has 0 aliphatic rings. The Morgan fingerprint density at radius 3 is 3.00 bits per heavy atom. The Balaban J connectivity index is 2.86. The van der Waals surface area contributed by atoms with E-state index < -0.39 is 0 Å². The molecule has 2 rings (SSSR count). The second kappa shape index (κ2) is 2.75. The van der Waals surface area contributed by atoms with Gasteiger partial charge in [0.2, 0.25) is 0 Å². The van der Waals surface area contributed by atoms with Crippen molar-refractivity contribution in [2.75, 3.05) is 0 Å². The van der Waals surface area contributed by atoms with Crippen LogP contribution in [0.1, 0.15) is 0 Å². The molecule has 0 unspecified atom stereocenters. The number of rotatable bonds is 0. The van der Waals surface area contributed by atoms with Gasteiger partial charge >= 0.3 is 0 Å². The molecule has 60 valence electrons. The summed E-state index contributed by atoms with van der Waals surface area (Å²) in [4.78, 5) is 4.08. The third-order valence-electron chi connectivity index (χ3n) is 1.66. The number of benzene rings is 1. The van der Waals surface area contributed by atoms with Crippen LogP contribution in [0.3, 0.4) is 0 Å². The molecular weight excluding hydrogens is 218 g/mol. The Kier molecular flexibility index (Phi) is 1.73. The van der Waals surface area contributed by atoms with Gasteiger partial charge in [0.15, 0.2) is 0 Å². The summed E-state index contributed by atoms with van der Waals surface area (Å²) in [7, 11) is 0. The van der Waals surface area contributed by atoms with E-state index in [1.54, 1.807) is 18.3 Å². The number of fused-ring (bicyclic) bond motifs is 1. The number of hydrogen-bond acceptors (Lipinski definition) is 2. The van der Waals surface area contributed by atoms with E-state index in [0.29, 0.717) is 5.52 Å². The first-order chi connectivity index (χ1) is 5.77. The van der Waals surface area contributed by atoms with Gasteiger partial charge in [-0.15, -0.1) is 0 Å². The zero-order valence-corrected chi connectivity index (χ0v) is 7.75. The van der Waals surface area contributed by atoms with Crippen molar-refractivity contribution in [3.05, 3.63) is 34.9 Å². The van der Waals surface area contributed by atoms with Crippen molar-refractivity contribution in [3.63, 3.8) is 0 Å². The maximum absolute atomic E-state index is 9.38. The number of aromatic hydroxyl groups is 1. The molecule has 2 nitrogen and oxygen atoms in total. The summed E-state index contributed by atoms with van der Waals surface area (Å²) in [6, 6.07) is 7.25. The van der Waals surface area contributed by atoms with Gasteiger partial charge in [0.1, 0.15) is 11.3 Å². The molecule has 0 atom stereocenters. The van der Waals surface area contributed by atoms with Crippen molar-refractivity contribution >= 4 is 26.8 Å². The maximum Gasteiger partial charge on any atom is 0.141 e. The monoisotopic (exact) mass is 223 g/mol. The number of aromatic nitrogens is 1. The topological polar surface area (TPSA) is 33.1 Å². The lowest BCUT2D eigenvalue weighted by atomic mass is 10.2. The number of para-hydroxylation sites is 1. The van der Waals surface area contributed by atoms with Gasteiger partial charge < -0.3 is 5.11 Å². The molecule has 0 radical (unpaired) electrons. The Labute approximate surface area is 78.0 Å². The van der Waals surface area contributed by atoms with Crippen LogP contribution in [-0.4, -0.2) is 10.1 Å². The third kappa shape index (κ3) is 1.16. The number of hydrogen-bond donors (Lipinski definition) is 1. The standard InChI is InChI=1S/C9H6BrNO/c10-7-4-6-2-1-3-8(12)9(6)11-5-7/h1-5,12H. The van der Waals surface area contributed by atoms with Crippen LogP contribution in [0.15, 0.2) is 34.9 Å². The Bertz CT molecular complexity index is 428. The quantitative estimate of drug-likeness (QED) is 0.746. The van der Waals surface area contributed by atoms with Crippen LogP contribution in [0.5, 0.6) is 5.75 Å². The van der Waals surface area contributed by atoms with Crippen LogP contribution in [0.2, 0.25) is 0 Å². The fourth-order valence-electron chi connectivity index (χ4n) is 1.12. The zero-order valence-electron chi connectivity index (χ0n) is 6.16. The fraction of sp³-hybridized carbons (Fsp3) is 0. The van der Waals surface area contributed by atoms with Crippen LogP contribution in [-0.2, 0) is 0 Å². The van der Waals surface area contributed by atoms with Gasteiger partial charge in [0, 0.05) is 16.1 Å². The Hall–Kier alpha value is -1.09. The zero-order chi connectivity index (χ0) is 8.55. The van der Waals surface area contributed by atoms with Gasteiger partial charge in [-0.2, -0.15) is 0 Å². The molecule has 2 aromatic rings. The summed E-state index contributed by atoms with van der Waals surface area (Å²) in [5.41, 5.74) is 0.640. The number of phenols is 1. The summed E-state index contributed by atoms with van der Waals surface area (Å²) in [6.45, 7) is 0. The summed E-state index contributed by atoms with van der Waals surface area (Å²) < 4.78 is 0.917. The number of phenolic OH excluding ortho intramolecular Hbond substituents is 1. The van der Waals surface area contributed by atoms with Gasteiger partial charge in [-0.05, 0) is 28.1 Å². The predicted octanol–water partition coefficient (Wildman–Crippen LogP) is 2.70. The summed E-state index contributed by atoms with van der Waals surface area (Å²) in [5, 5.41) is 10.3. The van der Waals surface area contributed by atoms with Crippen molar-refractivity contribution in [1.29, 1.82) is 0 Å². The van der Waals surface area contributed by atoms with Crippen LogP contribution in [0, 0.1) is 0 Å². The lowest BCUT2D eigenvalue weighted by molar-refractivity contribution is 0.480. The molecule has 0 fully saturated rings. The molecule has 0 saturated carbocycles. The maximum atomic E-state index is 9.38. The lowest BCUT2D eigenvalue weighted by Crippen LogP contribution is -1.78. The molecule has 0 saturated heterocycles. The Morgan fingerprint density at radius 2 is 2.17 bits per heavy atom. The summed E-state index contributed by atoms with van der Waals surface area (Å²) in [5.74, 6) is 0.222. The normalized spacial score (nSPS) is 10.4. The minimum absolute atomic E-state index is 0.222. The minimum Gasteiger partial charge on any atom is -0.506 e. The molecule has 1 aromatic carbocycles. The van der Waals surface area contributed by atoms with Crippen LogP contribution in [0.25, 0.3) is 10.9 Å². The highest BCUT2D eigenvalue weighted by Gasteiger charge is 1.99. The van der Waals surface area contributed by atoms with E-state index in [-0.39, 0.29) is 5.75 Å². The molecular formula is C9H6BrNO. The van der Waals surface area contributed by atoms with Crippen LogP contribution >= 0.6 is 15.9 Å². The fourth-order valence-corrected chi connectivity index (χ4v) is 1.47. The molecule has 0 aliphatic carbocycles. The van der Waals surface area contributed by atoms with E-state index in [1.807, 2.05) is 12.1 Å².